The third-order valence-electron chi connectivity index (χ3n) is 3.62. The summed E-state index contributed by atoms with van der Waals surface area (Å²) in [6.07, 6.45) is 18.9. The molecule has 2 aliphatic rings. The molecule has 0 amide bonds. The van der Waals surface area contributed by atoms with E-state index in [1.54, 1.807) is 42.8 Å². The van der Waals surface area contributed by atoms with Crippen LogP contribution in [-0.4, -0.2) is 30.0 Å². The Bertz CT molecular complexity index is 660. The summed E-state index contributed by atoms with van der Waals surface area (Å²) in [6, 6.07) is 0.110. The normalized spacial score (nSPS) is 20.0. The number of halogens is 1. The molecule has 0 aromatic rings. The van der Waals surface area contributed by atoms with Gasteiger partial charge in [0.2, 0.25) is 0 Å². The van der Waals surface area contributed by atoms with Crippen molar-refractivity contribution in [2.75, 3.05) is 12.4 Å². The summed E-state index contributed by atoms with van der Waals surface area (Å²) < 4.78 is 0. The molecule has 0 aliphatic heterocycles. The van der Waals surface area contributed by atoms with E-state index in [2.05, 4.69) is 10.6 Å². The summed E-state index contributed by atoms with van der Waals surface area (Å²) in [5.74, 6) is 0.562. The number of carbonyl (C=O) groups excluding carboxylic acids is 2. The standard InChI is InChI=1S/C19H21ClN2O2.Ni/c20-11-5-8-17(22-13-16-7-2-4-10-19(16)24)14-21-12-15-6-1-3-9-18(15)23;/h1-4,6-7,9-10,12-13,17,21-22H,5,8,11,14H2;/b15-12-,16-13-;. The van der Waals surface area contributed by atoms with Gasteiger partial charge in [-0.3, -0.25) is 9.59 Å². The van der Waals surface area contributed by atoms with E-state index in [0.29, 0.717) is 23.6 Å². The molecule has 0 aromatic carbocycles. The number of carbonyl (C=O) groups is 2. The van der Waals surface area contributed by atoms with Crippen LogP contribution in [-0.2, 0) is 26.1 Å². The molecular formula is C19H21ClN2NiO2. The van der Waals surface area contributed by atoms with Gasteiger partial charge in [-0.25, -0.2) is 0 Å². The molecule has 0 aromatic heterocycles. The van der Waals surface area contributed by atoms with Gasteiger partial charge in [0, 0.05) is 58.5 Å². The Morgan fingerprint density at radius 1 is 0.920 bits per heavy atom. The number of allylic oxidation sites excluding steroid dienone is 10. The predicted molar refractivity (Wildman–Crippen MR) is 97.6 cm³/mol. The van der Waals surface area contributed by atoms with Crippen LogP contribution in [0.2, 0.25) is 0 Å². The molecule has 0 heterocycles. The van der Waals surface area contributed by atoms with Crippen molar-refractivity contribution in [3.63, 3.8) is 0 Å². The summed E-state index contributed by atoms with van der Waals surface area (Å²) in [5.41, 5.74) is 1.25. The second-order valence-corrected chi connectivity index (χ2v) is 5.85. The van der Waals surface area contributed by atoms with Crippen LogP contribution in [0.3, 0.4) is 0 Å². The van der Waals surface area contributed by atoms with Crippen LogP contribution in [0.25, 0.3) is 0 Å². The summed E-state index contributed by atoms with van der Waals surface area (Å²) in [6.45, 7) is 0.628. The van der Waals surface area contributed by atoms with Crippen LogP contribution < -0.4 is 10.6 Å². The third kappa shape index (κ3) is 7.29. The Hall–Kier alpha value is -1.84. The SMILES string of the molecule is O=C1C=CC=C/C1=C/NCC(CCCCl)N/C=C1/C=CC=CC1=O.[Ni]. The van der Waals surface area contributed by atoms with Gasteiger partial charge in [-0.2, -0.15) is 0 Å². The Morgan fingerprint density at radius 3 is 2.04 bits per heavy atom. The largest absolute Gasteiger partial charge is 0.388 e. The van der Waals surface area contributed by atoms with E-state index in [4.69, 9.17) is 11.6 Å². The molecule has 0 radical (unpaired) electrons. The van der Waals surface area contributed by atoms with Crippen LogP contribution in [0.5, 0.6) is 0 Å². The molecule has 0 saturated heterocycles. The first kappa shape index (κ1) is 21.2. The zero-order valence-electron chi connectivity index (χ0n) is 13.7. The van der Waals surface area contributed by atoms with Gasteiger partial charge in [-0.1, -0.05) is 24.3 Å². The minimum absolute atomic E-state index is 0. The molecule has 4 nitrogen and oxygen atoms in total. The molecule has 25 heavy (non-hydrogen) atoms. The summed E-state index contributed by atoms with van der Waals surface area (Å²) in [4.78, 5) is 23.4. The van der Waals surface area contributed by atoms with Crippen molar-refractivity contribution in [3.05, 3.63) is 72.2 Å². The van der Waals surface area contributed by atoms with Gasteiger partial charge in [0.05, 0.1) is 0 Å². The Balaban J connectivity index is 0.00000312. The van der Waals surface area contributed by atoms with Crippen molar-refractivity contribution >= 4 is 23.2 Å². The van der Waals surface area contributed by atoms with Crippen LogP contribution in [0.4, 0.5) is 0 Å². The monoisotopic (exact) mass is 402 g/mol. The van der Waals surface area contributed by atoms with Gasteiger partial charge in [0.25, 0.3) is 0 Å². The molecule has 0 saturated carbocycles. The molecule has 136 valence electrons. The maximum atomic E-state index is 11.7. The van der Waals surface area contributed by atoms with Crippen LogP contribution in [0, 0.1) is 0 Å². The fourth-order valence-corrected chi connectivity index (χ4v) is 2.44. The van der Waals surface area contributed by atoms with Gasteiger partial charge in [0.1, 0.15) is 0 Å². The number of nitrogens with one attached hydrogen (secondary N) is 2. The number of ketones is 2. The van der Waals surface area contributed by atoms with E-state index in [0.717, 1.165) is 12.8 Å². The molecule has 0 spiro atoms. The smallest absolute Gasteiger partial charge is 0.187 e. The van der Waals surface area contributed by atoms with Crippen LogP contribution in [0.15, 0.2) is 72.2 Å². The predicted octanol–water partition coefficient (Wildman–Crippen LogP) is 2.71. The first-order chi connectivity index (χ1) is 11.7. The molecule has 2 aliphatic carbocycles. The van der Waals surface area contributed by atoms with Gasteiger partial charge in [-0.05, 0) is 37.1 Å². The number of alkyl halides is 1. The van der Waals surface area contributed by atoms with Gasteiger partial charge >= 0.3 is 0 Å². The van der Waals surface area contributed by atoms with Gasteiger partial charge in [0.15, 0.2) is 11.6 Å². The van der Waals surface area contributed by atoms with Gasteiger partial charge < -0.3 is 10.6 Å². The second kappa shape index (κ2) is 11.7. The van der Waals surface area contributed by atoms with Crippen molar-refractivity contribution < 1.29 is 26.1 Å². The van der Waals surface area contributed by atoms with Crippen molar-refractivity contribution in [2.45, 2.75) is 18.9 Å². The molecular weight excluding hydrogens is 382 g/mol. The minimum atomic E-state index is -0.0131. The number of hydrogen-bond acceptors (Lipinski definition) is 4. The van der Waals surface area contributed by atoms with Crippen LogP contribution >= 0.6 is 11.6 Å². The first-order valence-corrected chi connectivity index (χ1v) is 8.48. The van der Waals surface area contributed by atoms with Crippen LogP contribution in [0.1, 0.15) is 12.8 Å². The quantitative estimate of drug-likeness (QED) is 0.372. The fraction of sp³-hybridized carbons (Fsp3) is 0.263. The van der Waals surface area contributed by atoms with E-state index in [9.17, 15) is 9.59 Å². The Labute approximate surface area is 163 Å². The maximum absolute atomic E-state index is 11.7. The molecule has 0 bridgehead atoms. The topological polar surface area (TPSA) is 58.2 Å². The number of hydrogen-bond donors (Lipinski definition) is 2. The van der Waals surface area contributed by atoms with Crippen molar-refractivity contribution in [1.82, 2.24) is 10.6 Å². The average Bonchev–Trinajstić information content (AvgIpc) is 2.59. The molecule has 1 unspecified atom stereocenters. The van der Waals surface area contributed by atoms with Crippen molar-refractivity contribution in [1.29, 1.82) is 0 Å². The maximum Gasteiger partial charge on any atom is 0.187 e. The fourth-order valence-electron chi connectivity index (χ4n) is 2.29. The molecule has 0 fully saturated rings. The van der Waals surface area contributed by atoms with E-state index in [1.807, 2.05) is 12.2 Å². The minimum Gasteiger partial charge on any atom is -0.388 e. The van der Waals surface area contributed by atoms with E-state index < -0.39 is 0 Å². The summed E-state index contributed by atoms with van der Waals surface area (Å²) >= 11 is 5.78. The molecule has 2 rings (SSSR count). The number of rotatable bonds is 8. The van der Waals surface area contributed by atoms with E-state index in [1.165, 1.54) is 6.08 Å². The van der Waals surface area contributed by atoms with E-state index >= 15 is 0 Å². The third-order valence-corrected chi connectivity index (χ3v) is 3.89. The Morgan fingerprint density at radius 2 is 1.48 bits per heavy atom. The van der Waals surface area contributed by atoms with Crippen molar-refractivity contribution in [2.24, 2.45) is 0 Å². The summed E-state index contributed by atoms with van der Waals surface area (Å²) in [5, 5.41) is 6.44. The zero-order valence-corrected chi connectivity index (χ0v) is 15.4. The summed E-state index contributed by atoms with van der Waals surface area (Å²) in [7, 11) is 0. The molecule has 1 atom stereocenters. The second-order valence-electron chi connectivity index (χ2n) is 5.47. The van der Waals surface area contributed by atoms with E-state index in [-0.39, 0.29) is 34.1 Å². The first-order valence-electron chi connectivity index (χ1n) is 7.94. The van der Waals surface area contributed by atoms with Gasteiger partial charge in [-0.15, -0.1) is 11.6 Å². The molecule has 2 N–H and O–H groups in total. The molecule has 6 heteroatoms. The average molecular weight is 404 g/mol. The van der Waals surface area contributed by atoms with Crippen molar-refractivity contribution in [3.8, 4) is 0 Å². The Kier molecular flexibility index (Phi) is 9.90. The zero-order chi connectivity index (χ0) is 17.2.